The number of halogens is 1. The highest BCUT2D eigenvalue weighted by Crippen LogP contribution is 2.31. The maximum Gasteiger partial charge on any atom is 0.262 e. The Balaban J connectivity index is 2.18. The monoisotopic (exact) mass is 335 g/mol. The van der Waals surface area contributed by atoms with Crippen molar-refractivity contribution in [3.8, 4) is 0 Å². The Hall–Kier alpha value is -0.590. The van der Waals surface area contributed by atoms with Crippen LogP contribution in [0.15, 0.2) is 11.0 Å². The second-order valence-corrected chi connectivity index (χ2v) is 9.34. The van der Waals surface area contributed by atoms with Crippen molar-refractivity contribution in [3.05, 3.63) is 15.8 Å². The molecule has 1 heterocycles. The smallest absolute Gasteiger partial charge is 0.262 e. The number of hydrogen-bond donors (Lipinski definition) is 1. The van der Waals surface area contributed by atoms with Crippen LogP contribution in [0.4, 0.5) is 0 Å². The van der Waals surface area contributed by atoms with Gasteiger partial charge in [-0.3, -0.25) is 4.79 Å². The van der Waals surface area contributed by atoms with E-state index >= 15 is 0 Å². The van der Waals surface area contributed by atoms with Gasteiger partial charge in [0.15, 0.2) is 0 Å². The van der Waals surface area contributed by atoms with Gasteiger partial charge in [0.1, 0.15) is 0 Å². The average Bonchev–Trinajstić information content (AvgIpc) is 2.71. The van der Waals surface area contributed by atoms with Gasteiger partial charge < -0.3 is 5.32 Å². The number of hydrogen-bond acceptors (Lipinski definition) is 4. The van der Waals surface area contributed by atoms with Crippen molar-refractivity contribution in [1.82, 2.24) is 5.32 Å². The lowest BCUT2D eigenvalue weighted by atomic mass is 9.83. The summed E-state index contributed by atoms with van der Waals surface area (Å²) in [6, 6.07) is 1.36. The first kappa shape index (κ1) is 15.8. The van der Waals surface area contributed by atoms with E-state index in [9.17, 15) is 13.2 Å². The van der Waals surface area contributed by atoms with E-state index < -0.39 is 9.05 Å². The van der Waals surface area contributed by atoms with Crippen LogP contribution in [0.5, 0.6) is 0 Å². The lowest BCUT2D eigenvalue weighted by Gasteiger charge is -2.34. The molecule has 0 aromatic carbocycles. The van der Waals surface area contributed by atoms with E-state index in [4.69, 9.17) is 10.7 Å². The topological polar surface area (TPSA) is 63.2 Å². The van der Waals surface area contributed by atoms with Crippen LogP contribution < -0.4 is 5.32 Å². The summed E-state index contributed by atoms with van der Waals surface area (Å²) in [5.74, 6) is -0.214. The Bertz CT molecular complexity index is 616. The van der Waals surface area contributed by atoms with Crippen LogP contribution in [0, 0.1) is 6.92 Å². The molecule has 1 saturated carbocycles. The predicted octanol–water partition coefficient (Wildman–Crippen LogP) is 3.44. The van der Waals surface area contributed by atoms with Crippen molar-refractivity contribution in [1.29, 1.82) is 0 Å². The highest BCUT2D eigenvalue weighted by Gasteiger charge is 2.30. The molecule has 1 aromatic rings. The van der Waals surface area contributed by atoms with Crippen LogP contribution in [-0.2, 0) is 9.05 Å². The van der Waals surface area contributed by atoms with Crippen molar-refractivity contribution in [2.75, 3.05) is 0 Å². The average molecular weight is 336 g/mol. The minimum atomic E-state index is -3.79. The zero-order valence-corrected chi connectivity index (χ0v) is 13.9. The number of nitrogens with one attached hydrogen (secondary N) is 1. The maximum atomic E-state index is 12.3. The number of aryl methyl sites for hydroxylation is 1. The number of thiophene rings is 1. The van der Waals surface area contributed by atoms with Crippen LogP contribution in [0.2, 0.25) is 0 Å². The molecule has 0 unspecified atom stereocenters. The summed E-state index contributed by atoms with van der Waals surface area (Å²) < 4.78 is 22.8. The highest BCUT2D eigenvalue weighted by molar-refractivity contribution is 8.13. The SMILES string of the molecule is Cc1sc(C(=O)NC2(C)CCCCC2)cc1S(=O)(=O)Cl. The van der Waals surface area contributed by atoms with Crippen LogP contribution in [-0.4, -0.2) is 19.9 Å². The van der Waals surface area contributed by atoms with Crippen molar-refractivity contribution in [2.45, 2.75) is 56.4 Å². The molecule has 1 aliphatic carbocycles. The van der Waals surface area contributed by atoms with E-state index in [0.717, 1.165) is 37.0 Å². The molecule has 7 heteroatoms. The molecule has 4 nitrogen and oxygen atoms in total. The molecule has 0 bridgehead atoms. The first-order valence-corrected chi connectivity index (χ1v) is 9.71. The van der Waals surface area contributed by atoms with Crippen molar-refractivity contribution in [2.24, 2.45) is 0 Å². The molecule has 0 saturated heterocycles. The molecule has 1 fully saturated rings. The van der Waals surface area contributed by atoms with Gasteiger partial charge in [-0.2, -0.15) is 0 Å². The van der Waals surface area contributed by atoms with E-state index in [2.05, 4.69) is 5.32 Å². The third kappa shape index (κ3) is 3.54. The van der Waals surface area contributed by atoms with Gasteiger partial charge in [0, 0.05) is 21.1 Å². The highest BCUT2D eigenvalue weighted by atomic mass is 35.7. The number of carbonyl (C=O) groups is 1. The molecule has 0 atom stereocenters. The number of rotatable bonds is 3. The van der Waals surface area contributed by atoms with Crippen LogP contribution >= 0.6 is 22.0 Å². The lowest BCUT2D eigenvalue weighted by Crippen LogP contribution is -2.47. The quantitative estimate of drug-likeness (QED) is 0.861. The zero-order valence-electron chi connectivity index (χ0n) is 11.5. The summed E-state index contributed by atoms with van der Waals surface area (Å²) >= 11 is 1.16. The molecular weight excluding hydrogens is 318 g/mol. The maximum absolute atomic E-state index is 12.3. The first-order chi connectivity index (χ1) is 9.21. The Labute approximate surface area is 127 Å². The minimum absolute atomic E-state index is 0.0307. The Morgan fingerprint density at radius 3 is 2.45 bits per heavy atom. The van der Waals surface area contributed by atoms with Gasteiger partial charge >= 0.3 is 0 Å². The summed E-state index contributed by atoms with van der Waals surface area (Å²) in [6.45, 7) is 3.70. The minimum Gasteiger partial charge on any atom is -0.346 e. The van der Waals surface area contributed by atoms with E-state index in [1.807, 2.05) is 6.92 Å². The molecule has 20 heavy (non-hydrogen) atoms. The van der Waals surface area contributed by atoms with E-state index in [1.165, 1.54) is 12.5 Å². The predicted molar refractivity (Wildman–Crippen MR) is 81.1 cm³/mol. The summed E-state index contributed by atoms with van der Waals surface area (Å²) in [7, 11) is 1.56. The normalized spacial score (nSPS) is 18.8. The van der Waals surface area contributed by atoms with Gasteiger partial charge in [0.25, 0.3) is 15.0 Å². The largest absolute Gasteiger partial charge is 0.346 e. The summed E-state index contributed by atoms with van der Waals surface area (Å²) in [4.78, 5) is 13.2. The van der Waals surface area contributed by atoms with Crippen molar-refractivity contribution in [3.63, 3.8) is 0 Å². The van der Waals surface area contributed by atoms with Crippen LogP contribution in [0.3, 0.4) is 0 Å². The zero-order chi connectivity index (χ0) is 15.0. The number of carbonyl (C=O) groups excluding carboxylic acids is 1. The Morgan fingerprint density at radius 1 is 1.35 bits per heavy atom. The third-order valence-electron chi connectivity index (χ3n) is 3.73. The van der Waals surface area contributed by atoms with Crippen LogP contribution in [0.25, 0.3) is 0 Å². The van der Waals surface area contributed by atoms with Gasteiger partial charge in [0.2, 0.25) is 0 Å². The van der Waals surface area contributed by atoms with E-state index in [-0.39, 0.29) is 16.3 Å². The fraction of sp³-hybridized carbons (Fsp3) is 0.615. The first-order valence-electron chi connectivity index (χ1n) is 6.59. The van der Waals surface area contributed by atoms with Gasteiger partial charge in [-0.15, -0.1) is 11.3 Å². The second kappa shape index (κ2) is 5.66. The molecule has 1 aromatic heterocycles. The van der Waals surface area contributed by atoms with Crippen LogP contribution in [0.1, 0.15) is 53.6 Å². The third-order valence-corrected chi connectivity index (χ3v) is 6.36. The molecule has 1 N–H and O–H groups in total. The molecule has 1 amide bonds. The van der Waals surface area contributed by atoms with Gasteiger partial charge in [-0.05, 0) is 32.8 Å². The summed E-state index contributed by atoms with van der Waals surface area (Å²) in [6.07, 6.45) is 5.36. The molecule has 0 radical (unpaired) electrons. The molecule has 112 valence electrons. The summed E-state index contributed by atoms with van der Waals surface area (Å²) in [5.41, 5.74) is -0.187. The Kier molecular flexibility index (Phi) is 4.47. The molecule has 0 aliphatic heterocycles. The molecule has 1 aliphatic rings. The molecule has 0 spiro atoms. The standard InChI is InChI=1S/C13H18ClNO3S2/c1-9-11(20(14,17)18)8-10(19-9)12(16)15-13(2)6-4-3-5-7-13/h8H,3-7H2,1-2H3,(H,15,16). The fourth-order valence-corrected chi connectivity index (χ4v) is 5.17. The fourth-order valence-electron chi connectivity index (χ4n) is 2.61. The van der Waals surface area contributed by atoms with Gasteiger partial charge in [-0.25, -0.2) is 8.42 Å². The molecule has 2 rings (SSSR count). The number of amides is 1. The summed E-state index contributed by atoms with van der Waals surface area (Å²) in [5, 5.41) is 3.04. The van der Waals surface area contributed by atoms with Gasteiger partial charge in [-0.1, -0.05) is 19.3 Å². The Morgan fingerprint density at radius 2 is 1.95 bits per heavy atom. The lowest BCUT2D eigenvalue weighted by molar-refractivity contribution is 0.0887. The molecular formula is C13H18ClNO3S2. The van der Waals surface area contributed by atoms with Crippen molar-refractivity contribution < 1.29 is 13.2 Å². The van der Waals surface area contributed by atoms with E-state index in [1.54, 1.807) is 6.92 Å². The van der Waals surface area contributed by atoms with E-state index in [0.29, 0.717) is 9.75 Å². The van der Waals surface area contributed by atoms with Gasteiger partial charge in [0.05, 0.1) is 9.77 Å². The van der Waals surface area contributed by atoms with Crippen molar-refractivity contribution >= 4 is 37.0 Å². The second-order valence-electron chi connectivity index (χ2n) is 5.54.